The Labute approximate surface area is 181 Å². The predicted molar refractivity (Wildman–Crippen MR) is 115 cm³/mol. The van der Waals surface area contributed by atoms with Gasteiger partial charge in [-0.3, -0.25) is 9.59 Å². The molecular formula is C24H26N2O5. The summed E-state index contributed by atoms with van der Waals surface area (Å²) in [4.78, 5) is 37.0. The number of carbonyl (C=O) groups is 3. The first-order valence-electron chi connectivity index (χ1n) is 10.6. The molecular weight excluding hydrogens is 396 g/mol. The van der Waals surface area contributed by atoms with Crippen LogP contribution in [0, 0.1) is 0 Å². The van der Waals surface area contributed by atoms with E-state index in [1.165, 1.54) is 11.1 Å². The van der Waals surface area contributed by atoms with Crippen LogP contribution >= 0.6 is 0 Å². The summed E-state index contributed by atoms with van der Waals surface area (Å²) in [7, 11) is 0. The van der Waals surface area contributed by atoms with Crippen molar-refractivity contribution in [2.45, 2.75) is 37.6 Å². The standard InChI is InChI=1S/C24H26N2O5/c27-22(26(16-9-10-16)14-12-23(28)29)11-13-25-24(30)31-15-21-19-7-3-1-5-17(19)18-6-2-4-8-20(18)21/h1-8,16,21H,9-15H2,(H,25,30)(H,28,29). The number of carboxylic acid groups (broad SMARTS) is 1. The number of hydrogen-bond acceptors (Lipinski definition) is 4. The molecule has 2 aromatic rings. The molecule has 2 aromatic carbocycles. The summed E-state index contributed by atoms with van der Waals surface area (Å²) in [5.74, 6) is -1.07. The summed E-state index contributed by atoms with van der Waals surface area (Å²) < 4.78 is 5.47. The van der Waals surface area contributed by atoms with Crippen LogP contribution in [-0.4, -0.2) is 53.7 Å². The second-order valence-electron chi connectivity index (χ2n) is 7.96. The van der Waals surface area contributed by atoms with E-state index in [0.717, 1.165) is 24.0 Å². The lowest BCUT2D eigenvalue weighted by molar-refractivity contribution is -0.138. The molecule has 0 atom stereocenters. The van der Waals surface area contributed by atoms with E-state index >= 15 is 0 Å². The van der Waals surface area contributed by atoms with Crippen LogP contribution in [0.2, 0.25) is 0 Å². The normalized spacial score (nSPS) is 14.5. The zero-order valence-electron chi connectivity index (χ0n) is 17.3. The summed E-state index contributed by atoms with van der Waals surface area (Å²) in [5, 5.41) is 11.5. The number of fused-ring (bicyclic) bond motifs is 3. The summed E-state index contributed by atoms with van der Waals surface area (Å²) in [6, 6.07) is 16.4. The van der Waals surface area contributed by atoms with Crippen molar-refractivity contribution >= 4 is 18.0 Å². The second kappa shape index (κ2) is 9.20. The van der Waals surface area contributed by atoms with Crippen LogP contribution in [-0.2, 0) is 14.3 Å². The average molecular weight is 422 g/mol. The Bertz CT molecular complexity index is 940. The van der Waals surface area contributed by atoms with Crippen LogP contribution in [0.4, 0.5) is 4.79 Å². The fourth-order valence-corrected chi connectivity index (χ4v) is 4.18. The fourth-order valence-electron chi connectivity index (χ4n) is 4.18. The van der Waals surface area contributed by atoms with Crippen LogP contribution in [0.25, 0.3) is 11.1 Å². The molecule has 0 radical (unpaired) electrons. The van der Waals surface area contributed by atoms with Gasteiger partial charge in [-0.1, -0.05) is 48.5 Å². The van der Waals surface area contributed by atoms with Gasteiger partial charge in [0.1, 0.15) is 6.61 Å². The molecule has 7 nitrogen and oxygen atoms in total. The van der Waals surface area contributed by atoms with Gasteiger partial charge in [-0.2, -0.15) is 0 Å². The lowest BCUT2D eigenvalue weighted by Gasteiger charge is -2.21. The van der Waals surface area contributed by atoms with Gasteiger partial charge in [-0.05, 0) is 35.1 Å². The maximum absolute atomic E-state index is 12.4. The van der Waals surface area contributed by atoms with Crippen molar-refractivity contribution in [1.82, 2.24) is 10.2 Å². The number of ether oxygens (including phenoxy) is 1. The van der Waals surface area contributed by atoms with Crippen LogP contribution < -0.4 is 5.32 Å². The molecule has 2 N–H and O–H groups in total. The van der Waals surface area contributed by atoms with Crippen LogP contribution in [0.5, 0.6) is 0 Å². The topological polar surface area (TPSA) is 95.9 Å². The number of nitrogens with zero attached hydrogens (tertiary/aromatic N) is 1. The number of rotatable bonds is 9. The fraction of sp³-hybridized carbons (Fsp3) is 0.375. The van der Waals surface area contributed by atoms with Gasteiger partial charge < -0.3 is 20.1 Å². The molecule has 2 aliphatic rings. The van der Waals surface area contributed by atoms with Crippen molar-refractivity contribution in [3.05, 3.63) is 59.7 Å². The summed E-state index contributed by atoms with van der Waals surface area (Å²) in [6.07, 6.45) is 1.32. The highest BCUT2D eigenvalue weighted by molar-refractivity contribution is 5.80. The first kappa shape index (κ1) is 20.9. The molecule has 0 aromatic heterocycles. The van der Waals surface area contributed by atoms with Gasteiger partial charge in [0.25, 0.3) is 0 Å². The maximum atomic E-state index is 12.4. The smallest absolute Gasteiger partial charge is 0.407 e. The third-order valence-corrected chi connectivity index (χ3v) is 5.83. The molecule has 2 aliphatic carbocycles. The molecule has 1 saturated carbocycles. The van der Waals surface area contributed by atoms with Gasteiger partial charge >= 0.3 is 12.1 Å². The highest BCUT2D eigenvalue weighted by Crippen LogP contribution is 2.44. The monoisotopic (exact) mass is 422 g/mol. The number of hydrogen-bond donors (Lipinski definition) is 2. The van der Waals surface area contributed by atoms with E-state index < -0.39 is 12.1 Å². The minimum atomic E-state index is -0.921. The van der Waals surface area contributed by atoms with Crippen molar-refractivity contribution in [2.75, 3.05) is 19.7 Å². The highest BCUT2D eigenvalue weighted by Gasteiger charge is 2.32. The minimum Gasteiger partial charge on any atom is -0.481 e. The van der Waals surface area contributed by atoms with E-state index in [1.807, 2.05) is 24.3 Å². The molecule has 0 bridgehead atoms. The molecule has 0 unspecified atom stereocenters. The van der Waals surface area contributed by atoms with Crippen molar-refractivity contribution in [2.24, 2.45) is 0 Å². The van der Waals surface area contributed by atoms with E-state index in [2.05, 4.69) is 29.6 Å². The van der Waals surface area contributed by atoms with E-state index in [0.29, 0.717) is 0 Å². The number of alkyl carbamates (subject to hydrolysis) is 1. The molecule has 0 aliphatic heterocycles. The van der Waals surface area contributed by atoms with Crippen molar-refractivity contribution in [3.8, 4) is 11.1 Å². The third kappa shape index (κ3) is 4.87. The Morgan fingerprint density at radius 1 is 0.968 bits per heavy atom. The van der Waals surface area contributed by atoms with E-state index in [1.54, 1.807) is 4.90 Å². The van der Waals surface area contributed by atoms with Crippen molar-refractivity contribution in [3.63, 3.8) is 0 Å². The second-order valence-corrected chi connectivity index (χ2v) is 7.96. The number of amides is 2. The third-order valence-electron chi connectivity index (χ3n) is 5.83. The lowest BCUT2D eigenvalue weighted by Crippen LogP contribution is -2.37. The Morgan fingerprint density at radius 2 is 1.58 bits per heavy atom. The highest BCUT2D eigenvalue weighted by atomic mass is 16.5. The van der Waals surface area contributed by atoms with Crippen molar-refractivity contribution < 1.29 is 24.2 Å². The van der Waals surface area contributed by atoms with E-state index in [9.17, 15) is 14.4 Å². The molecule has 0 saturated heterocycles. The van der Waals surface area contributed by atoms with Gasteiger partial charge in [-0.25, -0.2) is 4.79 Å². The Hall–Kier alpha value is -3.35. The zero-order valence-corrected chi connectivity index (χ0v) is 17.3. The predicted octanol–water partition coefficient (Wildman–Crippen LogP) is 3.38. The van der Waals surface area contributed by atoms with Gasteiger partial charge in [0.05, 0.1) is 6.42 Å². The Kier molecular flexibility index (Phi) is 6.21. The Morgan fingerprint density at radius 3 is 2.16 bits per heavy atom. The summed E-state index contributed by atoms with van der Waals surface area (Å²) >= 11 is 0. The van der Waals surface area contributed by atoms with Gasteiger partial charge in [0, 0.05) is 31.5 Å². The molecule has 162 valence electrons. The molecule has 2 amide bonds. The average Bonchev–Trinajstić information content (AvgIpc) is 3.55. The number of benzene rings is 2. The van der Waals surface area contributed by atoms with Gasteiger partial charge in [0.2, 0.25) is 5.91 Å². The van der Waals surface area contributed by atoms with Gasteiger partial charge in [0.15, 0.2) is 0 Å². The van der Waals surface area contributed by atoms with Gasteiger partial charge in [-0.15, -0.1) is 0 Å². The molecule has 7 heteroatoms. The SMILES string of the molecule is O=C(O)CCN(C(=O)CCNC(=O)OCC1c2ccccc2-c2ccccc21)C1CC1. The quantitative estimate of drug-likeness (QED) is 0.646. The maximum Gasteiger partial charge on any atom is 0.407 e. The van der Waals surface area contributed by atoms with E-state index in [4.69, 9.17) is 9.84 Å². The molecule has 0 heterocycles. The first-order valence-corrected chi connectivity index (χ1v) is 10.6. The number of aliphatic carboxylic acids is 1. The molecule has 1 fully saturated rings. The van der Waals surface area contributed by atoms with Crippen molar-refractivity contribution in [1.29, 1.82) is 0 Å². The van der Waals surface area contributed by atoms with Crippen LogP contribution in [0.1, 0.15) is 42.7 Å². The van der Waals surface area contributed by atoms with Crippen LogP contribution in [0.3, 0.4) is 0 Å². The number of nitrogens with one attached hydrogen (secondary N) is 1. The van der Waals surface area contributed by atoms with Crippen LogP contribution in [0.15, 0.2) is 48.5 Å². The molecule has 4 rings (SSSR count). The number of carbonyl (C=O) groups excluding carboxylic acids is 2. The zero-order chi connectivity index (χ0) is 21.8. The molecule has 31 heavy (non-hydrogen) atoms. The first-order chi connectivity index (χ1) is 15.0. The summed E-state index contributed by atoms with van der Waals surface area (Å²) in [5.41, 5.74) is 4.62. The Balaban J connectivity index is 1.26. The summed E-state index contributed by atoms with van der Waals surface area (Å²) in [6.45, 7) is 0.593. The molecule has 0 spiro atoms. The largest absolute Gasteiger partial charge is 0.481 e. The lowest BCUT2D eigenvalue weighted by atomic mass is 9.98. The van der Waals surface area contributed by atoms with E-state index in [-0.39, 0.29) is 50.4 Å². The minimum absolute atomic E-state index is 0.0128. The number of carboxylic acids is 1.